The molecule has 0 radical (unpaired) electrons. The number of nitrogens with one attached hydrogen (secondary N) is 2. The van der Waals surface area contributed by atoms with Crippen LogP contribution in [0.1, 0.15) is 41.5 Å². The largest absolute Gasteiger partial charge is 0.355 e. The molecule has 0 aromatic rings. The van der Waals surface area contributed by atoms with E-state index in [1.165, 1.54) is 5.57 Å². The minimum absolute atomic E-state index is 0.0116. The normalized spacial score (nSPS) is 25.2. The maximum absolute atomic E-state index is 12.2. The number of amides is 2. The highest BCUT2D eigenvalue weighted by Gasteiger charge is 2.60. The highest BCUT2D eigenvalue weighted by atomic mass is 16.2. The van der Waals surface area contributed by atoms with Gasteiger partial charge in [-0.3, -0.25) is 9.59 Å². The molecule has 1 aliphatic carbocycles. The third kappa shape index (κ3) is 3.58. The first-order valence-electron chi connectivity index (χ1n) is 6.94. The fourth-order valence-corrected chi connectivity index (χ4v) is 2.54. The predicted molar refractivity (Wildman–Crippen MR) is 76.5 cm³/mol. The fraction of sp³-hybridized carbons (Fsp3) is 0.733. The van der Waals surface area contributed by atoms with E-state index in [1.807, 2.05) is 20.8 Å². The molecule has 0 aromatic carbocycles. The van der Waals surface area contributed by atoms with E-state index >= 15 is 0 Å². The van der Waals surface area contributed by atoms with Gasteiger partial charge in [-0.15, -0.1) is 0 Å². The van der Waals surface area contributed by atoms with Crippen molar-refractivity contribution in [1.82, 2.24) is 10.6 Å². The summed E-state index contributed by atoms with van der Waals surface area (Å²) >= 11 is 0. The Balaban J connectivity index is 2.61. The van der Waals surface area contributed by atoms with Gasteiger partial charge in [-0.05, 0) is 39.0 Å². The van der Waals surface area contributed by atoms with Crippen LogP contribution in [0.4, 0.5) is 0 Å². The monoisotopic (exact) mass is 266 g/mol. The molecule has 1 fully saturated rings. The molecule has 2 amide bonds. The van der Waals surface area contributed by atoms with E-state index in [9.17, 15) is 9.59 Å². The number of allylic oxidation sites excluding steroid dienone is 2. The molecule has 1 rings (SSSR count). The quantitative estimate of drug-likeness (QED) is 0.746. The van der Waals surface area contributed by atoms with Gasteiger partial charge in [-0.25, -0.2) is 0 Å². The number of likely N-dealkylation sites (N-methyl/N-ethyl adjacent to an activating group) is 1. The van der Waals surface area contributed by atoms with E-state index in [1.54, 1.807) is 6.92 Å². The standard InChI is InChI=1S/C15H26N2O2/c1-7-16-13(18)10(4)17-14(19)12-11(8-9(2)3)15(12,5)6/h8,10-12H,7H2,1-6H3,(H,16,18)(H,17,19)/t10-,11+,12+/m0/s1. The highest BCUT2D eigenvalue weighted by Crippen LogP contribution is 2.59. The number of rotatable bonds is 5. The van der Waals surface area contributed by atoms with Gasteiger partial charge in [0.15, 0.2) is 0 Å². The predicted octanol–water partition coefficient (Wildman–Crippen LogP) is 1.87. The number of hydrogen-bond acceptors (Lipinski definition) is 2. The average molecular weight is 266 g/mol. The topological polar surface area (TPSA) is 58.2 Å². The zero-order valence-corrected chi connectivity index (χ0v) is 12.8. The van der Waals surface area contributed by atoms with E-state index < -0.39 is 6.04 Å². The van der Waals surface area contributed by atoms with Crippen molar-refractivity contribution in [2.24, 2.45) is 17.3 Å². The van der Waals surface area contributed by atoms with Crippen molar-refractivity contribution in [3.63, 3.8) is 0 Å². The van der Waals surface area contributed by atoms with Crippen LogP contribution in [0.2, 0.25) is 0 Å². The molecule has 2 N–H and O–H groups in total. The Morgan fingerprint density at radius 1 is 1.32 bits per heavy atom. The van der Waals surface area contributed by atoms with Gasteiger partial charge in [0.2, 0.25) is 11.8 Å². The summed E-state index contributed by atoms with van der Waals surface area (Å²) in [7, 11) is 0. The third-order valence-corrected chi connectivity index (χ3v) is 3.81. The lowest BCUT2D eigenvalue weighted by atomic mass is 10.1. The molecule has 1 saturated carbocycles. The molecule has 108 valence electrons. The Kier molecular flexibility index (Phi) is 4.77. The SMILES string of the molecule is CCNC(=O)[C@H](C)NC(=O)[C@H]1[C@@H](C=C(C)C)C1(C)C. The lowest BCUT2D eigenvalue weighted by Gasteiger charge is -2.13. The second kappa shape index (κ2) is 5.76. The Labute approximate surface area is 116 Å². The molecule has 0 aromatic heterocycles. The lowest BCUT2D eigenvalue weighted by molar-refractivity contribution is -0.129. The summed E-state index contributed by atoms with van der Waals surface area (Å²) in [4.78, 5) is 23.8. The van der Waals surface area contributed by atoms with Crippen molar-refractivity contribution in [2.45, 2.75) is 47.6 Å². The van der Waals surface area contributed by atoms with E-state index in [4.69, 9.17) is 0 Å². The van der Waals surface area contributed by atoms with Crippen molar-refractivity contribution >= 4 is 11.8 Å². The summed E-state index contributed by atoms with van der Waals surface area (Å²) < 4.78 is 0. The highest BCUT2D eigenvalue weighted by molar-refractivity contribution is 5.90. The van der Waals surface area contributed by atoms with Crippen LogP contribution in [0.3, 0.4) is 0 Å². The summed E-state index contributed by atoms with van der Waals surface area (Å²) in [6.45, 7) is 12.4. The molecule has 4 nitrogen and oxygen atoms in total. The maximum Gasteiger partial charge on any atom is 0.242 e. The lowest BCUT2D eigenvalue weighted by Crippen LogP contribution is -2.45. The van der Waals surface area contributed by atoms with Crippen molar-refractivity contribution < 1.29 is 9.59 Å². The molecular weight excluding hydrogens is 240 g/mol. The maximum atomic E-state index is 12.2. The van der Waals surface area contributed by atoms with Gasteiger partial charge < -0.3 is 10.6 Å². The van der Waals surface area contributed by atoms with Crippen LogP contribution in [0.5, 0.6) is 0 Å². The number of carbonyl (C=O) groups is 2. The van der Waals surface area contributed by atoms with E-state index in [0.29, 0.717) is 6.54 Å². The first-order valence-corrected chi connectivity index (χ1v) is 6.94. The molecule has 0 spiro atoms. The third-order valence-electron chi connectivity index (χ3n) is 3.81. The molecule has 0 aliphatic heterocycles. The van der Waals surface area contributed by atoms with Crippen LogP contribution in [0, 0.1) is 17.3 Å². The van der Waals surface area contributed by atoms with Crippen LogP contribution in [0.25, 0.3) is 0 Å². The van der Waals surface area contributed by atoms with Gasteiger partial charge in [-0.2, -0.15) is 0 Å². The molecular formula is C15H26N2O2. The minimum Gasteiger partial charge on any atom is -0.355 e. The van der Waals surface area contributed by atoms with Gasteiger partial charge in [0.25, 0.3) is 0 Å². The smallest absolute Gasteiger partial charge is 0.242 e. The Morgan fingerprint density at radius 3 is 2.37 bits per heavy atom. The number of hydrogen-bond donors (Lipinski definition) is 2. The number of carbonyl (C=O) groups excluding carboxylic acids is 2. The van der Waals surface area contributed by atoms with E-state index in [0.717, 1.165) is 0 Å². The van der Waals surface area contributed by atoms with Crippen molar-refractivity contribution in [3.05, 3.63) is 11.6 Å². The average Bonchev–Trinajstić information content (AvgIpc) is 2.79. The van der Waals surface area contributed by atoms with E-state index in [-0.39, 0.29) is 29.1 Å². The summed E-state index contributed by atoms with van der Waals surface area (Å²) in [5.41, 5.74) is 1.22. The second-order valence-electron chi connectivity index (χ2n) is 6.19. The first-order chi connectivity index (χ1) is 8.71. The first kappa shape index (κ1) is 15.7. The minimum atomic E-state index is -0.476. The van der Waals surface area contributed by atoms with Crippen molar-refractivity contribution in [3.8, 4) is 0 Å². The van der Waals surface area contributed by atoms with Gasteiger partial charge in [0.1, 0.15) is 6.04 Å². The fourth-order valence-electron chi connectivity index (χ4n) is 2.54. The van der Waals surface area contributed by atoms with E-state index in [2.05, 4.69) is 30.6 Å². The summed E-state index contributed by atoms with van der Waals surface area (Å²) in [6.07, 6.45) is 2.15. The van der Waals surface area contributed by atoms with Crippen molar-refractivity contribution in [1.29, 1.82) is 0 Å². The summed E-state index contributed by atoms with van der Waals surface area (Å²) in [5.74, 6) is 0.0949. The Hall–Kier alpha value is -1.32. The molecule has 19 heavy (non-hydrogen) atoms. The molecule has 0 heterocycles. The van der Waals surface area contributed by atoms with Crippen LogP contribution >= 0.6 is 0 Å². The Bertz CT molecular complexity index is 395. The van der Waals surface area contributed by atoms with Gasteiger partial charge in [0, 0.05) is 6.54 Å². The molecule has 0 unspecified atom stereocenters. The molecule has 1 aliphatic rings. The van der Waals surface area contributed by atoms with Crippen LogP contribution in [-0.2, 0) is 9.59 Å². The second-order valence-corrected chi connectivity index (χ2v) is 6.19. The molecule has 0 bridgehead atoms. The van der Waals surface area contributed by atoms with Gasteiger partial charge in [0.05, 0.1) is 5.92 Å². The molecule has 4 heteroatoms. The van der Waals surface area contributed by atoms with Gasteiger partial charge >= 0.3 is 0 Å². The van der Waals surface area contributed by atoms with Crippen LogP contribution in [-0.4, -0.2) is 24.4 Å². The summed E-state index contributed by atoms with van der Waals surface area (Å²) in [6, 6.07) is -0.476. The van der Waals surface area contributed by atoms with Gasteiger partial charge in [-0.1, -0.05) is 25.5 Å². The van der Waals surface area contributed by atoms with Crippen molar-refractivity contribution in [2.75, 3.05) is 6.54 Å². The zero-order chi connectivity index (χ0) is 14.8. The molecule has 3 atom stereocenters. The zero-order valence-electron chi connectivity index (χ0n) is 12.8. The van der Waals surface area contributed by atoms with Crippen LogP contribution < -0.4 is 10.6 Å². The summed E-state index contributed by atoms with van der Waals surface area (Å²) in [5, 5.41) is 5.51. The molecule has 0 saturated heterocycles. The Morgan fingerprint density at radius 2 is 1.89 bits per heavy atom. The van der Waals surface area contributed by atoms with Crippen LogP contribution in [0.15, 0.2) is 11.6 Å².